The second-order valence-corrected chi connectivity index (χ2v) is 9.54. The Balaban J connectivity index is 1.36. The number of ether oxygens (including phenoxy) is 1. The van der Waals surface area contributed by atoms with Gasteiger partial charge in [-0.1, -0.05) is 26.0 Å². The summed E-state index contributed by atoms with van der Waals surface area (Å²) in [7, 11) is 0. The Kier molecular flexibility index (Phi) is 5.41. The maximum atomic E-state index is 13.2. The highest BCUT2D eigenvalue weighted by Gasteiger charge is 2.36. The molecular formula is C23H35N3O2. The van der Waals surface area contributed by atoms with Crippen LogP contribution in [-0.2, 0) is 5.41 Å². The third-order valence-corrected chi connectivity index (χ3v) is 6.90. The van der Waals surface area contributed by atoms with Gasteiger partial charge in [0.25, 0.3) is 5.91 Å². The van der Waals surface area contributed by atoms with E-state index in [1.54, 1.807) is 0 Å². The Morgan fingerprint density at radius 2 is 1.75 bits per heavy atom. The molecule has 154 valence electrons. The summed E-state index contributed by atoms with van der Waals surface area (Å²) in [4.78, 5) is 20.4. The Hall–Kier alpha value is -1.59. The molecule has 0 atom stereocenters. The van der Waals surface area contributed by atoms with Gasteiger partial charge in [0.05, 0.1) is 12.2 Å². The summed E-state index contributed by atoms with van der Waals surface area (Å²) in [6.07, 6.45) is 2.16. The number of fused-ring (bicyclic) bond motifs is 1. The van der Waals surface area contributed by atoms with Crippen LogP contribution in [0.5, 0.6) is 5.75 Å². The van der Waals surface area contributed by atoms with Crippen LogP contribution < -0.4 is 4.74 Å². The fourth-order valence-electron chi connectivity index (χ4n) is 4.95. The predicted octanol–water partition coefficient (Wildman–Crippen LogP) is 2.99. The van der Waals surface area contributed by atoms with Gasteiger partial charge < -0.3 is 9.64 Å². The van der Waals surface area contributed by atoms with E-state index in [9.17, 15) is 4.79 Å². The van der Waals surface area contributed by atoms with Gasteiger partial charge in [-0.05, 0) is 32.8 Å². The number of hydrogen-bond acceptors (Lipinski definition) is 4. The van der Waals surface area contributed by atoms with Crippen molar-refractivity contribution in [3.8, 4) is 5.75 Å². The summed E-state index contributed by atoms with van der Waals surface area (Å²) in [6.45, 7) is 15.9. The molecule has 3 aliphatic heterocycles. The second-order valence-electron chi connectivity index (χ2n) is 9.54. The van der Waals surface area contributed by atoms with Crippen molar-refractivity contribution in [2.24, 2.45) is 0 Å². The van der Waals surface area contributed by atoms with Crippen molar-refractivity contribution in [3.63, 3.8) is 0 Å². The van der Waals surface area contributed by atoms with Crippen molar-refractivity contribution in [3.05, 3.63) is 29.3 Å². The molecule has 0 bridgehead atoms. The molecule has 5 heteroatoms. The number of hydrogen-bond donors (Lipinski definition) is 0. The smallest absolute Gasteiger partial charge is 0.257 e. The number of rotatable bonds is 3. The lowest BCUT2D eigenvalue weighted by Crippen LogP contribution is -2.54. The SMILES string of the molecule is CC(C)N1CCN(C2CCN(C(=O)c3cccc4c3OCC4(C)C)CC2)CC1. The van der Waals surface area contributed by atoms with Crippen LogP contribution in [0.15, 0.2) is 18.2 Å². The maximum Gasteiger partial charge on any atom is 0.257 e. The fraction of sp³-hybridized carbons (Fsp3) is 0.696. The Morgan fingerprint density at radius 1 is 1.07 bits per heavy atom. The van der Waals surface area contributed by atoms with Gasteiger partial charge in [0.1, 0.15) is 5.75 Å². The van der Waals surface area contributed by atoms with Gasteiger partial charge in [-0.15, -0.1) is 0 Å². The van der Waals surface area contributed by atoms with E-state index >= 15 is 0 Å². The molecule has 1 aromatic carbocycles. The normalized spacial score (nSPS) is 23.7. The summed E-state index contributed by atoms with van der Waals surface area (Å²) in [5.41, 5.74) is 1.89. The first-order chi connectivity index (χ1) is 13.4. The molecule has 3 heterocycles. The number of carbonyl (C=O) groups excluding carboxylic acids is 1. The molecule has 0 N–H and O–H groups in total. The summed E-state index contributed by atoms with van der Waals surface area (Å²) in [5.74, 6) is 0.946. The summed E-state index contributed by atoms with van der Waals surface area (Å²) < 4.78 is 5.94. The molecule has 0 unspecified atom stereocenters. The van der Waals surface area contributed by atoms with Crippen LogP contribution in [0.2, 0.25) is 0 Å². The van der Waals surface area contributed by atoms with Gasteiger partial charge in [-0.25, -0.2) is 0 Å². The molecular weight excluding hydrogens is 350 g/mol. The van der Waals surface area contributed by atoms with Crippen molar-refractivity contribution in [2.45, 2.75) is 58.0 Å². The molecule has 1 amide bonds. The van der Waals surface area contributed by atoms with E-state index in [0.29, 0.717) is 18.7 Å². The third kappa shape index (κ3) is 3.67. The predicted molar refractivity (Wildman–Crippen MR) is 112 cm³/mol. The lowest BCUT2D eigenvalue weighted by atomic mass is 9.86. The molecule has 0 radical (unpaired) electrons. The van der Waals surface area contributed by atoms with Crippen LogP contribution in [0.1, 0.15) is 56.5 Å². The van der Waals surface area contributed by atoms with Crippen LogP contribution in [-0.4, -0.2) is 78.6 Å². The van der Waals surface area contributed by atoms with Crippen LogP contribution in [0.4, 0.5) is 0 Å². The summed E-state index contributed by atoms with van der Waals surface area (Å²) in [6, 6.07) is 7.29. The maximum absolute atomic E-state index is 13.2. The number of benzene rings is 1. The summed E-state index contributed by atoms with van der Waals surface area (Å²) >= 11 is 0. The third-order valence-electron chi connectivity index (χ3n) is 6.90. The van der Waals surface area contributed by atoms with Crippen LogP contribution in [0.3, 0.4) is 0 Å². The molecule has 2 saturated heterocycles. The van der Waals surface area contributed by atoms with Crippen molar-refractivity contribution in [1.82, 2.24) is 14.7 Å². The van der Waals surface area contributed by atoms with E-state index in [0.717, 1.165) is 55.9 Å². The zero-order valence-electron chi connectivity index (χ0n) is 17.9. The average Bonchev–Trinajstić information content (AvgIpc) is 3.03. The zero-order valence-corrected chi connectivity index (χ0v) is 17.9. The Bertz CT molecular complexity index is 715. The van der Waals surface area contributed by atoms with E-state index in [1.807, 2.05) is 17.0 Å². The first-order valence-electron chi connectivity index (χ1n) is 10.9. The van der Waals surface area contributed by atoms with Crippen molar-refractivity contribution in [1.29, 1.82) is 0 Å². The van der Waals surface area contributed by atoms with Gasteiger partial charge in [0.15, 0.2) is 0 Å². The zero-order chi connectivity index (χ0) is 19.9. The highest BCUT2D eigenvalue weighted by molar-refractivity contribution is 5.97. The highest BCUT2D eigenvalue weighted by Crippen LogP contribution is 2.41. The van der Waals surface area contributed by atoms with E-state index in [1.165, 1.54) is 13.1 Å². The van der Waals surface area contributed by atoms with Crippen LogP contribution >= 0.6 is 0 Å². The standard InChI is InChI=1S/C23H35N3O2/c1-17(2)24-12-14-25(15-13-24)18-8-10-26(11-9-18)22(27)19-6-5-7-20-21(19)28-16-23(20,3)4/h5-7,17-18H,8-16H2,1-4H3. The number of amides is 1. The lowest BCUT2D eigenvalue weighted by molar-refractivity contribution is 0.0419. The Morgan fingerprint density at radius 3 is 2.39 bits per heavy atom. The quantitative estimate of drug-likeness (QED) is 0.801. The summed E-state index contributed by atoms with van der Waals surface area (Å²) in [5, 5.41) is 0. The van der Waals surface area contributed by atoms with E-state index < -0.39 is 0 Å². The first-order valence-corrected chi connectivity index (χ1v) is 10.9. The number of piperidine rings is 1. The van der Waals surface area contributed by atoms with Crippen LogP contribution in [0.25, 0.3) is 0 Å². The minimum Gasteiger partial charge on any atom is -0.492 e. The molecule has 28 heavy (non-hydrogen) atoms. The van der Waals surface area contributed by atoms with Gasteiger partial charge >= 0.3 is 0 Å². The number of nitrogens with zero attached hydrogens (tertiary/aromatic N) is 3. The topological polar surface area (TPSA) is 36.0 Å². The Labute approximate surface area is 169 Å². The monoisotopic (exact) mass is 385 g/mol. The molecule has 0 aliphatic carbocycles. The van der Waals surface area contributed by atoms with E-state index in [2.05, 4.69) is 43.6 Å². The largest absolute Gasteiger partial charge is 0.492 e. The van der Waals surface area contributed by atoms with Crippen LogP contribution in [0, 0.1) is 0 Å². The molecule has 3 aliphatic rings. The minimum absolute atomic E-state index is 0.0171. The van der Waals surface area contributed by atoms with Gasteiger partial charge in [0.2, 0.25) is 0 Å². The van der Waals surface area contributed by atoms with E-state index in [-0.39, 0.29) is 11.3 Å². The molecule has 1 aromatic rings. The van der Waals surface area contributed by atoms with Crippen molar-refractivity contribution in [2.75, 3.05) is 45.9 Å². The number of para-hydroxylation sites is 1. The molecule has 0 spiro atoms. The van der Waals surface area contributed by atoms with Gasteiger partial charge in [-0.2, -0.15) is 0 Å². The van der Waals surface area contributed by atoms with Gasteiger partial charge in [0, 0.05) is 62.3 Å². The number of likely N-dealkylation sites (tertiary alicyclic amines) is 1. The molecule has 0 aromatic heterocycles. The number of carbonyl (C=O) groups is 1. The molecule has 5 nitrogen and oxygen atoms in total. The van der Waals surface area contributed by atoms with Crippen molar-refractivity contribution >= 4 is 5.91 Å². The number of piperazine rings is 1. The second kappa shape index (κ2) is 7.68. The highest BCUT2D eigenvalue weighted by atomic mass is 16.5. The van der Waals surface area contributed by atoms with E-state index in [4.69, 9.17) is 4.74 Å². The molecule has 0 saturated carbocycles. The first kappa shape index (κ1) is 19.7. The van der Waals surface area contributed by atoms with Gasteiger partial charge in [-0.3, -0.25) is 14.6 Å². The molecule has 4 rings (SSSR count). The average molecular weight is 386 g/mol. The minimum atomic E-state index is -0.0171. The lowest BCUT2D eigenvalue weighted by Gasteiger charge is -2.43. The fourth-order valence-corrected chi connectivity index (χ4v) is 4.95. The van der Waals surface area contributed by atoms with Crippen molar-refractivity contribution < 1.29 is 9.53 Å². The molecule has 2 fully saturated rings.